The topological polar surface area (TPSA) is 108 Å². The van der Waals surface area contributed by atoms with E-state index >= 15 is 0 Å². The van der Waals surface area contributed by atoms with Crippen molar-refractivity contribution in [3.63, 3.8) is 0 Å². The summed E-state index contributed by atoms with van der Waals surface area (Å²) < 4.78 is 26.6. The second-order valence-electron chi connectivity index (χ2n) is 8.59. The van der Waals surface area contributed by atoms with Crippen LogP contribution in [0.1, 0.15) is 31.2 Å². The van der Waals surface area contributed by atoms with Crippen LogP contribution in [0.5, 0.6) is 11.5 Å². The highest BCUT2D eigenvalue weighted by Gasteiger charge is 2.44. The minimum atomic E-state index is -0.293. The van der Waals surface area contributed by atoms with Crippen molar-refractivity contribution < 1.29 is 18.7 Å². The molecule has 2 saturated heterocycles. The lowest BCUT2D eigenvalue weighted by Crippen LogP contribution is -2.50. The van der Waals surface area contributed by atoms with Gasteiger partial charge in [0.2, 0.25) is 5.95 Å². The average Bonchev–Trinajstić information content (AvgIpc) is 3.34. The summed E-state index contributed by atoms with van der Waals surface area (Å²) in [4.78, 5) is 15.1. The molecule has 0 saturated carbocycles. The number of nitrogen functional groups attached to an aromatic ring is 1. The number of ether oxygens (including phenoxy) is 2. The van der Waals surface area contributed by atoms with E-state index in [0.717, 1.165) is 25.7 Å². The first-order chi connectivity index (χ1) is 16.5. The van der Waals surface area contributed by atoms with Crippen molar-refractivity contribution in [3.8, 4) is 11.5 Å². The van der Waals surface area contributed by atoms with Crippen LogP contribution in [-0.2, 0) is 11.3 Å². The molecule has 2 unspecified atom stereocenters. The van der Waals surface area contributed by atoms with E-state index in [0.29, 0.717) is 22.1 Å². The Kier molecular flexibility index (Phi) is 6.23. The summed E-state index contributed by atoms with van der Waals surface area (Å²) >= 11 is 6.15. The molecule has 3 aromatic rings. The number of nitrogens with zero attached hydrogens (tertiary/aromatic N) is 5. The smallest absolute Gasteiger partial charge is 0.261 e. The van der Waals surface area contributed by atoms with Gasteiger partial charge in [0.1, 0.15) is 23.4 Å². The third-order valence-electron chi connectivity index (χ3n) is 6.35. The molecule has 0 radical (unpaired) electrons. The molecule has 0 spiro atoms. The number of hydrogen-bond donors (Lipinski definition) is 1. The van der Waals surface area contributed by atoms with Gasteiger partial charge in [-0.1, -0.05) is 16.7 Å². The zero-order chi connectivity index (χ0) is 23.7. The second-order valence-corrected chi connectivity index (χ2v) is 9.02. The molecule has 2 aliphatic heterocycles. The van der Waals surface area contributed by atoms with E-state index in [2.05, 4.69) is 15.5 Å². The van der Waals surface area contributed by atoms with Crippen LogP contribution in [0, 0.1) is 5.82 Å². The highest BCUT2D eigenvalue weighted by atomic mass is 35.5. The van der Waals surface area contributed by atoms with E-state index in [1.165, 1.54) is 16.8 Å². The van der Waals surface area contributed by atoms with Gasteiger partial charge in [-0.05, 0) is 65.7 Å². The van der Waals surface area contributed by atoms with E-state index in [9.17, 15) is 9.18 Å². The van der Waals surface area contributed by atoms with Gasteiger partial charge in [0, 0.05) is 35.5 Å². The standard InChI is InChI=1S/C23H24ClFN6O3/c24-15-1-8-21(14(9-15)12-30-23(26)27-28-29-30)33-13-22(32)31-17-4-5-18(31)11-20(10-17)34-19-6-2-16(25)3-7-19/h1-3,6-9,17-18,20H,4-5,10-13H2,(H2,26,27,29). The predicted molar refractivity (Wildman–Crippen MR) is 122 cm³/mol. The van der Waals surface area contributed by atoms with Gasteiger partial charge in [-0.15, -0.1) is 0 Å². The van der Waals surface area contributed by atoms with Crippen molar-refractivity contribution in [2.45, 2.75) is 50.4 Å². The van der Waals surface area contributed by atoms with Gasteiger partial charge < -0.3 is 20.1 Å². The van der Waals surface area contributed by atoms with Crippen LogP contribution in [0.4, 0.5) is 10.3 Å². The van der Waals surface area contributed by atoms with Crippen molar-refractivity contribution >= 4 is 23.5 Å². The first kappa shape index (κ1) is 22.4. The third kappa shape index (κ3) is 4.77. The zero-order valence-corrected chi connectivity index (χ0v) is 19.1. The molecule has 2 aromatic carbocycles. The third-order valence-corrected chi connectivity index (χ3v) is 6.58. The number of carbonyl (C=O) groups is 1. The Balaban J connectivity index is 1.21. The van der Waals surface area contributed by atoms with Gasteiger partial charge in [-0.3, -0.25) is 4.79 Å². The second kappa shape index (κ2) is 9.46. The minimum absolute atomic E-state index is 0.00227. The van der Waals surface area contributed by atoms with Crippen LogP contribution in [0.2, 0.25) is 5.02 Å². The predicted octanol–water partition coefficient (Wildman–Crippen LogP) is 3.08. The highest BCUT2D eigenvalue weighted by molar-refractivity contribution is 6.30. The molecule has 1 aromatic heterocycles. The maximum Gasteiger partial charge on any atom is 0.261 e. The fraction of sp³-hybridized carbons (Fsp3) is 0.391. The fourth-order valence-corrected chi connectivity index (χ4v) is 5.04. The number of anilines is 1. The summed E-state index contributed by atoms with van der Waals surface area (Å²) in [6, 6.07) is 11.4. The molecule has 5 rings (SSSR count). The van der Waals surface area contributed by atoms with E-state index in [1.807, 2.05) is 4.90 Å². The summed E-state index contributed by atoms with van der Waals surface area (Å²) in [6.45, 7) is 0.177. The molecular weight excluding hydrogens is 463 g/mol. The summed E-state index contributed by atoms with van der Waals surface area (Å²) in [6.07, 6.45) is 3.35. The Labute approximate surface area is 200 Å². The van der Waals surface area contributed by atoms with Gasteiger partial charge in [0.15, 0.2) is 6.61 Å². The number of fused-ring (bicyclic) bond motifs is 2. The SMILES string of the molecule is Nc1nnnn1Cc1cc(Cl)ccc1OCC(=O)N1C2CCC1CC(Oc1ccc(F)cc1)C2. The fourth-order valence-electron chi connectivity index (χ4n) is 4.85. The number of aromatic nitrogens is 4. The van der Waals surface area contributed by atoms with Crippen molar-refractivity contribution in [2.24, 2.45) is 0 Å². The van der Waals surface area contributed by atoms with Crippen LogP contribution in [0.15, 0.2) is 42.5 Å². The number of benzene rings is 2. The Morgan fingerprint density at radius 2 is 1.88 bits per heavy atom. The van der Waals surface area contributed by atoms with Gasteiger partial charge in [-0.2, -0.15) is 0 Å². The quantitative estimate of drug-likeness (QED) is 0.546. The van der Waals surface area contributed by atoms with Gasteiger partial charge in [-0.25, -0.2) is 9.07 Å². The molecule has 2 N–H and O–H groups in total. The van der Waals surface area contributed by atoms with E-state index in [-0.39, 0.29) is 49.0 Å². The number of halogens is 2. The molecule has 2 bridgehead atoms. The Hall–Kier alpha value is -3.40. The number of amides is 1. The van der Waals surface area contributed by atoms with Gasteiger partial charge in [0.25, 0.3) is 5.91 Å². The average molecular weight is 487 g/mol. The molecule has 2 aliphatic rings. The molecule has 2 fully saturated rings. The number of nitrogens with two attached hydrogens (primary N) is 1. The molecule has 0 aliphatic carbocycles. The summed E-state index contributed by atoms with van der Waals surface area (Å²) in [5.74, 6) is 0.986. The molecular formula is C23H24ClFN6O3. The van der Waals surface area contributed by atoms with Crippen LogP contribution >= 0.6 is 11.6 Å². The lowest BCUT2D eigenvalue weighted by molar-refractivity contribution is -0.139. The van der Waals surface area contributed by atoms with Gasteiger partial charge in [0.05, 0.1) is 6.54 Å². The number of carbonyl (C=O) groups excluding carboxylic acids is 1. The minimum Gasteiger partial charge on any atom is -0.490 e. The normalized spacial score (nSPS) is 21.5. The first-order valence-corrected chi connectivity index (χ1v) is 11.5. The Morgan fingerprint density at radius 1 is 1.15 bits per heavy atom. The highest BCUT2D eigenvalue weighted by Crippen LogP contribution is 2.37. The van der Waals surface area contributed by atoms with Crippen molar-refractivity contribution in [1.29, 1.82) is 0 Å². The number of piperidine rings is 1. The van der Waals surface area contributed by atoms with Crippen molar-refractivity contribution in [2.75, 3.05) is 12.3 Å². The first-order valence-electron chi connectivity index (χ1n) is 11.1. The van der Waals surface area contributed by atoms with E-state index in [1.54, 1.807) is 30.3 Å². The van der Waals surface area contributed by atoms with E-state index in [4.69, 9.17) is 26.8 Å². The lowest BCUT2D eigenvalue weighted by Gasteiger charge is -2.38. The molecule has 3 heterocycles. The Bertz CT molecular complexity index is 1160. The maximum absolute atomic E-state index is 13.2. The summed E-state index contributed by atoms with van der Waals surface area (Å²) in [5, 5.41) is 11.6. The van der Waals surface area contributed by atoms with Gasteiger partial charge >= 0.3 is 0 Å². The Morgan fingerprint density at radius 3 is 2.56 bits per heavy atom. The molecule has 2 atom stereocenters. The molecule has 11 heteroatoms. The molecule has 9 nitrogen and oxygen atoms in total. The van der Waals surface area contributed by atoms with Crippen molar-refractivity contribution in [3.05, 3.63) is 58.9 Å². The largest absolute Gasteiger partial charge is 0.490 e. The number of tetrazole rings is 1. The number of rotatable bonds is 7. The van der Waals surface area contributed by atoms with Crippen LogP contribution in [0.25, 0.3) is 0 Å². The number of hydrogen-bond acceptors (Lipinski definition) is 7. The summed E-state index contributed by atoms with van der Waals surface area (Å²) in [5.41, 5.74) is 6.48. The molecule has 1 amide bonds. The maximum atomic E-state index is 13.2. The lowest BCUT2D eigenvalue weighted by atomic mass is 9.99. The van der Waals surface area contributed by atoms with Crippen molar-refractivity contribution in [1.82, 2.24) is 25.1 Å². The van der Waals surface area contributed by atoms with Crippen LogP contribution < -0.4 is 15.2 Å². The van der Waals surface area contributed by atoms with E-state index < -0.39 is 0 Å². The van der Waals surface area contributed by atoms with Crippen LogP contribution in [-0.4, -0.2) is 55.8 Å². The monoisotopic (exact) mass is 486 g/mol. The molecule has 34 heavy (non-hydrogen) atoms. The molecule has 178 valence electrons. The summed E-state index contributed by atoms with van der Waals surface area (Å²) in [7, 11) is 0. The van der Waals surface area contributed by atoms with Crippen LogP contribution in [0.3, 0.4) is 0 Å². The zero-order valence-electron chi connectivity index (χ0n) is 18.3.